The molecule has 3 aromatic rings. The minimum atomic E-state index is -0.479. The zero-order chi connectivity index (χ0) is 25.2. The molecule has 3 rings (SSSR count). The number of hydrogen-bond donors (Lipinski definition) is 0. The fourth-order valence-electron chi connectivity index (χ4n) is 3.90. The van der Waals surface area contributed by atoms with Gasteiger partial charge in [-0.1, -0.05) is 43.3 Å². The molecular weight excluding hydrogens is 445 g/mol. The Labute approximate surface area is 206 Å². The summed E-state index contributed by atoms with van der Waals surface area (Å²) in [5.41, 5.74) is 2.39. The summed E-state index contributed by atoms with van der Waals surface area (Å²) in [6, 6.07) is 19.5. The number of nitrogens with zero attached hydrogens (tertiary/aromatic N) is 3. The van der Waals surface area contributed by atoms with Crippen molar-refractivity contribution in [1.29, 1.82) is 0 Å². The van der Waals surface area contributed by atoms with Crippen LogP contribution in [-0.2, 0) is 22.6 Å². The van der Waals surface area contributed by atoms with Crippen LogP contribution in [0.2, 0.25) is 0 Å². The van der Waals surface area contributed by atoms with Gasteiger partial charge in [-0.05, 0) is 49.2 Å². The van der Waals surface area contributed by atoms with Crippen molar-refractivity contribution in [2.75, 3.05) is 26.8 Å². The Morgan fingerprint density at radius 1 is 1.06 bits per heavy atom. The van der Waals surface area contributed by atoms with Gasteiger partial charge >= 0.3 is 0 Å². The molecule has 35 heavy (non-hydrogen) atoms. The second-order valence-electron chi connectivity index (χ2n) is 8.62. The molecule has 0 N–H and O–H groups in total. The number of carbonyl (C=O) groups is 2. The fraction of sp³-hybridized carbons (Fsp3) is 0.357. The van der Waals surface area contributed by atoms with Crippen LogP contribution in [0.3, 0.4) is 0 Å². The number of aromatic nitrogens is 1. The highest BCUT2D eigenvalue weighted by molar-refractivity contribution is 5.96. The topological polar surface area (TPSA) is 54.8 Å². The molecule has 0 aliphatic rings. The molecule has 0 bridgehead atoms. The summed E-state index contributed by atoms with van der Waals surface area (Å²) in [4.78, 5) is 29.9. The van der Waals surface area contributed by atoms with Crippen LogP contribution in [0.4, 0.5) is 4.39 Å². The number of ether oxygens (including phenoxy) is 1. The van der Waals surface area contributed by atoms with Crippen LogP contribution in [0, 0.1) is 5.82 Å². The average Bonchev–Trinajstić information content (AvgIpc) is 3.30. The number of rotatable bonds is 12. The molecule has 1 atom stereocenters. The van der Waals surface area contributed by atoms with E-state index in [1.165, 1.54) is 28.7 Å². The van der Waals surface area contributed by atoms with E-state index in [9.17, 15) is 14.0 Å². The second kappa shape index (κ2) is 12.9. The lowest BCUT2D eigenvalue weighted by molar-refractivity contribution is -0.133. The number of benzene rings is 2. The summed E-state index contributed by atoms with van der Waals surface area (Å²) >= 11 is 0. The average molecular weight is 480 g/mol. The Morgan fingerprint density at radius 2 is 1.83 bits per heavy atom. The molecular formula is C28H34FN3O3. The summed E-state index contributed by atoms with van der Waals surface area (Å²) in [6.07, 6.45) is 2.67. The molecule has 0 spiro atoms. The van der Waals surface area contributed by atoms with Gasteiger partial charge in [0, 0.05) is 43.7 Å². The van der Waals surface area contributed by atoms with Gasteiger partial charge in [-0.3, -0.25) is 9.59 Å². The van der Waals surface area contributed by atoms with Crippen LogP contribution in [0.5, 0.6) is 0 Å². The van der Waals surface area contributed by atoms with Crippen molar-refractivity contribution in [3.63, 3.8) is 0 Å². The lowest BCUT2D eigenvalue weighted by Gasteiger charge is -2.31. The van der Waals surface area contributed by atoms with Gasteiger partial charge in [0.25, 0.3) is 5.91 Å². The van der Waals surface area contributed by atoms with E-state index in [-0.39, 0.29) is 30.0 Å². The Bertz CT molecular complexity index is 1100. The monoisotopic (exact) mass is 479 g/mol. The van der Waals surface area contributed by atoms with Crippen LogP contribution < -0.4 is 0 Å². The van der Waals surface area contributed by atoms with Gasteiger partial charge in [0.05, 0.1) is 13.2 Å². The van der Waals surface area contributed by atoms with E-state index < -0.39 is 5.82 Å². The van der Waals surface area contributed by atoms with Crippen LogP contribution in [0.15, 0.2) is 72.9 Å². The van der Waals surface area contributed by atoms with Gasteiger partial charge in [-0.25, -0.2) is 4.39 Å². The summed E-state index contributed by atoms with van der Waals surface area (Å²) in [5, 5.41) is 0. The van der Waals surface area contributed by atoms with E-state index in [1.807, 2.05) is 50.4 Å². The molecule has 2 aromatic carbocycles. The first-order chi connectivity index (χ1) is 16.9. The van der Waals surface area contributed by atoms with Crippen LogP contribution in [0.1, 0.15) is 41.9 Å². The summed E-state index contributed by atoms with van der Waals surface area (Å²) in [5.74, 6) is -1.02. The lowest BCUT2D eigenvalue weighted by Crippen LogP contribution is -2.47. The first kappa shape index (κ1) is 26.2. The third-order valence-corrected chi connectivity index (χ3v) is 6.15. The van der Waals surface area contributed by atoms with Gasteiger partial charge in [-0.2, -0.15) is 0 Å². The van der Waals surface area contributed by atoms with E-state index in [1.54, 1.807) is 18.1 Å². The maximum Gasteiger partial charge on any atom is 0.254 e. The second-order valence-corrected chi connectivity index (χ2v) is 8.62. The van der Waals surface area contributed by atoms with Crippen molar-refractivity contribution >= 4 is 11.8 Å². The first-order valence-electron chi connectivity index (χ1n) is 11.9. The standard InChI is InChI=1S/C28H34FN3O3/c1-4-22(2)32(28(34)24-12-8-13-25(29)18-24)21-27(33)31(16-17-35-3)20-26-14-9-15-30(26)19-23-10-6-5-7-11-23/h5-15,18,22H,4,16-17,19-21H2,1-3H3. The number of hydrogen-bond acceptors (Lipinski definition) is 3. The Hall–Kier alpha value is -3.45. The summed E-state index contributed by atoms with van der Waals surface area (Å²) in [6.45, 7) is 5.64. The maximum absolute atomic E-state index is 13.7. The van der Waals surface area contributed by atoms with Crippen molar-refractivity contribution in [3.05, 3.63) is 95.6 Å². The minimum absolute atomic E-state index is 0.0898. The highest BCUT2D eigenvalue weighted by atomic mass is 19.1. The predicted octanol–water partition coefficient (Wildman–Crippen LogP) is 4.59. The van der Waals surface area contributed by atoms with Gasteiger partial charge in [0.15, 0.2) is 0 Å². The van der Waals surface area contributed by atoms with Gasteiger partial charge in [0.2, 0.25) is 5.91 Å². The normalized spacial score (nSPS) is 11.8. The zero-order valence-corrected chi connectivity index (χ0v) is 20.7. The van der Waals surface area contributed by atoms with Crippen LogP contribution in [0.25, 0.3) is 0 Å². The molecule has 0 aliphatic carbocycles. The molecule has 186 valence electrons. The quantitative estimate of drug-likeness (QED) is 0.382. The van der Waals surface area contributed by atoms with Gasteiger partial charge in [-0.15, -0.1) is 0 Å². The van der Waals surface area contributed by atoms with Crippen molar-refractivity contribution in [2.45, 2.75) is 39.4 Å². The smallest absolute Gasteiger partial charge is 0.254 e. The molecule has 0 fully saturated rings. The molecule has 0 aliphatic heterocycles. The summed E-state index contributed by atoms with van der Waals surface area (Å²) < 4.78 is 21.1. The molecule has 1 unspecified atom stereocenters. The largest absolute Gasteiger partial charge is 0.383 e. The van der Waals surface area contributed by atoms with Gasteiger partial charge < -0.3 is 19.1 Å². The predicted molar refractivity (Wildman–Crippen MR) is 134 cm³/mol. The SMILES string of the molecule is CCC(C)N(CC(=O)N(CCOC)Cc1cccn1Cc1ccccc1)C(=O)c1cccc(F)c1. The molecule has 0 radical (unpaired) electrons. The number of methoxy groups -OCH3 is 1. The Morgan fingerprint density at radius 3 is 2.51 bits per heavy atom. The van der Waals surface area contributed by atoms with Crippen molar-refractivity contribution in [1.82, 2.24) is 14.4 Å². The molecule has 0 saturated heterocycles. The van der Waals surface area contributed by atoms with Crippen LogP contribution in [-0.4, -0.2) is 59.0 Å². The van der Waals surface area contributed by atoms with E-state index >= 15 is 0 Å². The van der Waals surface area contributed by atoms with E-state index in [4.69, 9.17) is 4.74 Å². The minimum Gasteiger partial charge on any atom is -0.383 e. The van der Waals surface area contributed by atoms with E-state index in [0.717, 1.165) is 5.69 Å². The molecule has 0 saturated carbocycles. The zero-order valence-electron chi connectivity index (χ0n) is 20.7. The fourth-order valence-corrected chi connectivity index (χ4v) is 3.90. The van der Waals surface area contributed by atoms with Gasteiger partial charge in [0.1, 0.15) is 12.4 Å². The number of halogens is 1. The van der Waals surface area contributed by atoms with Crippen molar-refractivity contribution in [2.24, 2.45) is 0 Å². The lowest BCUT2D eigenvalue weighted by atomic mass is 10.1. The van der Waals surface area contributed by atoms with Crippen LogP contribution >= 0.6 is 0 Å². The molecule has 1 heterocycles. The molecule has 6 nitrogen and oxygen atoms in total. The molecule has 1 aromatic heterocycles. The number of carbonyl (C=O) groups excluding carboxylic acids is 2. The Kier molecular flexibility index (Phi) is 9.61. The maximum atomic E-state index is 13.7. The molecule has 7 heteroatoms. The van der Waals surface area contributed by atoms with E-state index in [0.29, 0.717) is 32.7 Å². The molecule has 2 amide bonds. The first-order valence-corrected chi connectivity index (χ1v) is 11.9. The van der Waals surface area contributed by atoms with Crippen molar-refractivity contribution < 1.29 is 18.7 Å². The summed E-state index contributed by atoms with van der Waals surface area (Å²) in [7, 11) is 1.60. The Balaban J connectivity index is 1.78. The number of amides is 2. The third kappa shape index (κ3) is 7.26. The highest BCUT2D eigenvalue weighted by Gasteiger charge is 2.26. The third-order valence-electron chi connectivity index (χ3n) is 6.15. The van der Waals surface area contributed by atoms with Crippen molar-refractivity contribution in [3.8, 4) is 0 Å². The highest BCUT2D eigenvalue weighted by Crippen LogP contribution is 2.15. The van der Waals surface area contributed by atoms with E-state index in [2.05, 4.69) is 16.7 Å².